The molecule has 172 valence electrons. The van der Waals surface area contributed by atoms with E-state index in [1.54, 1.807) is 12.0 Å². The number of carbonyl (C=O) groups excluding carboxylic acids is 1. The van der Waals surface area contributed by atoms with Gasteiger partial charge in [0.25, 0.3) is 5.91 Å². The Labute approximate surface area is 203 Å². The minimum atomic E-state index is -0.106. The molecule has 5 rings (SSSR count). The molecule has 0 bridgehead atoms. The predicted molar refractivity (Wildman–Crippen MR) is 139 cm³/mol. The summed E-state index contributed by atoms with van der Waals surface area (Å²) in [5.74, 6) is 0.620. The fourth-order valence-corrected chi connectivity index (χ4v) is 4.94. The lowest BCUT2D eigenvalue weighted by atomic mass is 10.1. The van der Waals surface area contributed by atoms with Crippen molar-refractivity contribution in [2.24, 2.45) is 4.99 Å². The summed E-state index contributed by atoms with van der Waals surface area (Å²) in [4.78, 5) is 22.8. The number of amides is 1. The zero-order chi connectivity index (χ0) is 23.3. The fourth-order valence-electron chi connectivity index (χ4n) is 3.95. The second kappa shape index (κ2) is 10.2. The van der Waals surface area contributed by atoms with Crippen molar-refractivity contribution in [2.75, 3.05) is 43.2 Å². The van der Waals surface area contributed by atoms with Gasteiger partial charge < -0.3 is 14.4 Å². The van der Waals surface area contributed by atoms with Gasteiger partial charge in [-0.25, -0.2) is 4.99 Å². The van der Waals surface area contributed by atoms with Crippen LogP contribution in [0.1, 0.15) is 5.56 Å². The molecule has 0 atom stereocenters. The standard InChI is InChI=1S/C27H25N3O3S/c1-32-24-19-23(29-14-16-33-17-15-29)13-12-20(24)18-25-26(31)30(22-10-6-3-7-11-22)27(34-25)28-21-8-4-2-5-9-21/h2-13,18-19H,14-17H2,1H3/b25-18-,28-27?. The molecule has 3 aromatic carbocycles. The number of carbonyl (C=O) groups is 1. The normalized spacial score (nSPS) is 18.7. The first kappa shape index (κ1) is 22.3. The lowest BCUT2D eigenvalue weighted by Gasteiger charge is -2.29. The molecule has 0 saturated carbocycles. The number of para-hydroxylation sites is 2. The van der Waals surface area contributed by atoms with Gasteiger partial charge >= 0.3 is 0 Å². The maximum Gasteiger partial charge on any atom is 0.271 e. The number of amidine groups is 1. The molecule has 2 heterocycles. The molecule has 0 radical (unpaired) electrons. The van der Waals surface area contributed by atoms with E-state index >= 15 is 0 Å². The van der Waals surface area contributed by atoms with Gasteiger partial charge in [0.05, 0.1) is 36.6 Å². The third kappa shape index (κ3) is 4.71. The molecular weight excluding hydrogens is 446 g/mol. The summed E-state index contributed by atoms with van der Waals surface area (Å²) in [7, 11) is 1.66. The van der Waals surface area contributed by atoms with Crippen LogP contribution in [0.4, 0.5) is 17.1 Å². The number of benzene rings is 3. The van der Waals surface area contributed by atoms with Gasteiger partial charge in [-0.1, -0.05) is 36.4 Å². The SMILES string of the molecule is COc1cc(N2CCOCC2)ccc1/C=C1\SC(=Nc2ccccc2)N(c2ccccc2)C1=O. The summed E-state index contributed by atoms with van der Waals surface area (Å²) in [6.45, 7) is 3.14. The Morgan fingerprint density at radius 1 is 0.941 bits per heavy atom. The highest BCUT2D eigenvalue weighted by Crippen LogP contribution is 2.38. The zero-order valence-electron chi connectivity index (χ0n) is 18.9. The van der Waals surface area contributed by atoms with Crippen molar-refractivity contribution in [1.29, 1.82) is 0 Å². The Morgan fingerprint density at radius 3 is 2.35 bits per heavy atom. The average Bonchev–Trinajstić information content (AvgIpc) is 3.20. The van der Waals surface area contributed by atoms with Crippen molar-refractivity contribution in [1.82, 2.24) is 0 Å². The van der Waals surface area contributed by atoms with E-state index in [2.05, 4.69) is 11.0 Å². The van der Waals surface area contributed by atoms with Gasteiger partial charge in [0, 0.05) is 30.4 Å². The maximum absolute atomic E-state index is 13.5. The minimum Gasteiger partial charge on any atom is -0.496 e. The first-order valence-corrected chi connectivity index (χ1v) is 12.0. The molecule has 7 heteroatoms. The van der Waals surface area contributed by atoms with Crippen LogP contribution in [0.2, 0.25) is 0 Å². The van der Waals surface area contributed by atoms with E-state index < -0.39 is 0 Å². The van der Waals surface area contributed by atoms with E-state index in [-0.39, 0.29) is 5.91 Å². The molecule has 3 aromatic rings. The Morgan fingerprint density at radius 2 is 1.65 bits per heavy atom. The molecule has 2 aliphatic heterocycles. The molecule has 0 aliphatic carbocycles. The number of hydrogen-bond donors (Lipinski definition) is 0. The third-order valence-corrected chi connectivity index (χ3v) is 6.65. The second-order valence-electron chi connectivity index (χ2n) is 7.84. The molecule has 2 saturated heterocycles. The molecule has 0 spiro atoms. The molecule has 0 N–H and O–H groups in total. The number of hydrogen-bond acceptors (Lipinski definition) is 6. The Kier molecular flexibility index (Phi) is 6.65. The number of rotatable bonds is 5. The summed E-state index contributed by atoms with van der Waals surface area (Å²) < 4.78 is 11.2. The van der Waals surface area contributed by atoms with Crippen LogP contribution in [0, 0.1) is 0 Å². The molecule has 0 aromatic heterocycles. The van der Waals surface area contributed by atoms with E-state index in [4.69, 9.17) is 14.5 Å². The maximum atomic E-state index is 13.5. The third-order valence-electron chi connectivity index (χ3n) is 5.68. The summed E-state index contributed by atoms with van der Waals surface area (Å²) in [6, 6.07) is 25.4. The summed E-state index contributed by atoms with van der Waals surface area (Å²) in [6.07, 6.45) is 1.89. The number of aliphatic imine (C=N–C) groups is 1. The molecule has 1 amide bonds. The molecule has 2 aliphatic rings. The highest BCUT2D eigenvalue weighted by Gasteiger charge is 2.35. The number of methoxy groups -OCH3 is 1. The summed E-state index contributed by atoms with van der Waals surface area (Å²) in [5.41, 5.74) is 3.52. The largest absolute Gasteiger partial charge is 0.496 e. The van der Waals surface area contributed by atoms with Gasteiger partial charge in [-0.2, -0.15) is 0 Å². The van der Waals surface area contributed by atoms with Crippen LogP contribution in [-0.2, 0) is 9.53 Å². The van der Waals surface area contributed by atoms with Crippen LogP contribution in [0.15, 0.2) is 88.8 Å². The van der Waals surface area contributed by atoms with E-state index in [9.17, 15) is 4.79 Å². The van der Waals surface area contributed by atoms with E-state index in [1.807, 2.05) is 78.9 Å². The monoisotopic (exact) mass is 471 g/mol. The Bertz CT molecular complexity index is 1220. The fraction of sp³-hybridized carbons (Fsp3) is 0.185. The molecule has 6 nitrogen and oxygen atoms in total. The molecular formula is C27H25N3O3S. The molecule has 0 unspecified atom stereocenters. The first-order chi connectivity index (χ1) is 16.7. The van der Waals surface area contributed by atoms with Crippen molar-refractivity contribution < 1.29 is 14.3 Å². The average molecular weight is 472 g/mol. The van der Waals surface area contributed by atoms with E-state index in [0.717, 1.165) is 54.7 Å². The van der Waals surface area contributed by atoms with E-state index in [0.29, 0.717) is 10.1 Å². The zero-order valence-corrected chi connectivity index (χ0v) is 19.7. The first-order valence-electron chi connectivity index (χ1n) is 11.2. The van der Waals surface area contributed by atoms with Crippen LogP contribution in [0.25, 0.3) is 6.08 Å². The van der Waals surface area contributed by atoms with Crippen molar-refractivity contribution in [3.05, 3.63) is 89.3 Å². The minimum absolute atomic E-state index is 0.106. The number of morpholine rings is 1. The smallest absolute Gasteiger partial charge is 0.271 e. The van der Waals surface area contributed by atoms with Gasteiger partial charge in [0.2, 0.25) is 0 Å². The van der Waals surface area contributed by atoms with Gasteiger partial charge in [-0.3, -0.25) is 9.69 Å². The van der Waals surface area contributed by atoms with Gasteiger partial charge in [-0.15, -0.1) is 0 Å². The van der Waals surface area contributed by atoms with Crippen molar-refractivity contribution >= 4 is 46.0 Å². The Hall–Kier alpha value is -3.55. The number of nitrogens with zero attached hydrogens (tertiary/aromatic N) is 3. The summed E-state index contributed by atoms with van der Waals surface area (Å²) in [5, 5.41) is 0.623. The second-order valence-corrected chi connectivity index (χ2v) is 8.85. The van der Waals surface area contributed by atoms with Crippen LogP contribution in [0.5, 0.6) is 5.75 Å². The van der Waals surface area contributed by atoms with Gasteiger partial charge in [-0.05, 0) is 54.2 Å². The van der Waals surface area contributed by atoms with Crippen LogP contribution in [0.3, 0.4) is 0 Å². The van der Waals surface area contributed by atoms with Gasteiger partial charge in [0.15, 0.2) is 5.17 Å². The Balaban J connectivity index is 1.50. The highest BCUT2D eigenvalue weighted by molar-refractivity contribution is 8.19. The van der Waals surface area contributed by atoms with Gasteiger partial charge in [0.1, 0.15) is 5.75 Å². The summed E-state index contributed by atoms with van der Waals surface area (Å²) >= 11 is 1.37. The number of thioether (sulfide) groups is 1. The highest BCUT2D eigenvalue weighted by atomic mass is 32.2. The van der Waals surface area contributed by atoms with E-state index in [1.165, 1.54) is 11.8 Å². The van der Waals surface area contributed by atoms with Crippen LogP contribution in [-0.4, -0.2) is 44.5 Å². The number of ether oxygens (including phenoxy) is 2. The van der Waals surface area contributed by atoms with Crippen molar-refractivity contribution in [2.45, 2.75) is 0 Å². The van der Waals surface area contributed by atoms with Crippen LogP contribution < -0.4 is 14.5 Å². The quantitative estimate of drug-likeness (QED) is 0.470. The van der Waals surface area contributed by atoms with Crippen molar-refractivity contribution in [3.63, 3.8) is 0 Å². The number of anilines is 2. The van der Waals surface area contributed by atoms with Crippen molar-refractivity contribution in [3.8, 4) is 5.75 Å². The predicted octanol–water partition coefficient (Wildman–Crippen LogP) is 5.34. The van der Waals surface area contributed by atoms with Crippen LogP contribution >= 0.6 is 11.8 Å². The lowest BCUT2D eigenvalue weighted by molar-refractivity contribution is -0.113. The molecule has 34 heavy (non-hydrogen) atoms. The lowest BCUT2D eigenvalue weighted by Crippen LogP contribution is -2.36. The molecule has 2 fully saturated rings. The topological polar surface area (TPSA) is 54.4 Å².